The third-order valence-corrected chi connectivity index (χ3v) is 4.81. The summed E-state index contributed by atoms with van der Waals surface area (Å²) >= 11 is 0. The average molecular weight is 360 g/mol. The number of hydrogen-bond donors (Lipinski definition) is 1. The van der Waals surface area contributed by atoms with Crippen LogP contribution in [0.3, 0.4) is 0 Å². The highest BCUT2D eigenvalue weighted by Gasteiger charge is 2.35. The van der Waals surface area contributed by atoms with Gasteiger partial charge in [0.05, 0.1) is 12.6 Å². The Morgan fingerprint density at radius 1 is 1.24 bits per heavy atom. The Labute approximate surface area is 153 Å². The molecule has 1 amide bonds. The minimum atomic E-state index is -0.493. The SMILES string of the molecule is Cl.O=C(C1OCCc2ccccc21)N1CCNCC1c1cccnc1. The molecule has 5 nitrogen and oxygen atoms in total. The van der Waals surface area contributed by atoms with E-state index in [0.29, 0.717) is 13.2 Å². The van der Waals surface area contributed by atoms with Crippen LogP contribution < -0.4 is 5.32 Å². The van der Waals surface area contributed by atoms with Crippen LogP contribution in [-0.4, -0.2) is 42.0 Å². The van der Waals surface area contributed by atoms with E-state index in [1.54, 1.807) is 6.20 Å². The summed E-state index contributed by atoms with van der Waals surface area (Å²) < 4.78 is 5.88. The second-order valence-corrected chi connectivity index (χ2v) is 6.24. The Morgan fingerprint density at radius 3 is 2.96 bits per heavy atom. The maximum absolute atomic E-state index is 13.3. The van der Waals surface area contributed by atoms with Crippen molar-refractivity contribution in [3.63, 3.8) is 0 Å². The predicted octanol–water partition coefficient (Wildman–Crippen LogP) is 2.29. The van der Waals surface area contributed by atoms with Gasteiger partial charge in [-0.2, -0.15) is 0 Å². The number of ether oxygens (including phenoxy) is 1. The van der Waals surface area contributed by atoms with E-state index in [-0.39, 0.29) is 24.4 Å². The minimum Gasteiger partial charge on any atom is -0.363 e. The van der Waals surface area contributed by atoms with E-state index in [1.165, 1.54) is 5.56 Å². The van der Waals surface area contributed by atoms with Crippen molar-refractivity contribution in [3.8, 4) is 0 Å². The molecule has 1 saturated heterocycles. The summed E-state index contributed by atoms with van der Waals surface area (Å²) in [6.07, 6.45) is 3.97. The average Bonchev–Trinajstić information content (AvgIpc) is 2.68. The number of hydrogen-bond acceptors (Lipinski definition) is 4. The zero-order chi connectivity index (χ0) is 16.4. The maximum Gasteiger partial charge on any atom is 0.256 e. The molecule has 25 heavy (non-hydrogen) atoms. The van der Waals surface area contributed by atoms with Crippen LogP contribution in [0.4, 0.5) is 0 Å². The molecule has 6 heteroatoms. The van der Waals surface area contributed by atoms with E-state index in [4.69, 9.17) is 4.74 Å². The Bertz CT molecular complexity index is 726. The molecular weight excluding hydrogens is 338 g/mol. The van der Waals surface area contributed by atoms with Gasteiger partial charge in [0.15, 0.2) is 6.10 Å². The van der Waals surface area contributed by atoms with Gasteiger partial charge in [-0.05, 0) is 29.2 Å². The van der Waals surface area contributed by atoms with E-state index in [0.717, 1.165) is 30.6 Å². The van der Waals surface area contributed by atoms with Crippen LogP contribution in [0.2, 0.25) is 0 Å². The lowest BCUT2D eigenvalue weighted by Gasteiger charge is -2.39. The Kier molecular flexibility index (Phi) is 5.68. The van der Waals surface area contributed by atoms with Crippen LogP contribution in [0.25, 0.3) is 0 Å². The number of fused-ring (bicyclic) bond motifs is 1. The van der Waals surface area contributed by atoms with E-state index in [1.807, 2.05) is 41.4 Å². The van der Waals surface area contributed by atoms with Gasteiger partial charge in [-0.25, -0.2) is 0 Å². The van der Waals surface area contributed by atoms with Crippen molar-refractivity contribution in [2.45, 2.75) is 18.6 Å². The molecule has 1 aromatic carbocycles. The molecule has 2 aliphatic rings. The van der Waals surface area contributed by atoms with Gasteiger partial charge in [-0.1, -0.05) is 30.3 Å². The Morgan fingerprint density at radius 2 is 2.12 bits per heavy atom. The van der Waals surface area contributed by atoms with Gasteiger partial charge in [-0.15, -0.1) is 12.4 Å². The van der Waals surface area contributed by atoms with Crippen LogP contribution in [0.1, 0.15) is 28.8 Å². The largest absolute Gasteiger partial charge is 0.363 e. The van der Waals surface area contributed by atoms with Crippen molar-refractivity contribution >= 4 is 18.3 Å². The van der Waals surface area contributed by atoms with Crippen LogP contribution in [-0.2, 0) is 16.0 Å². The predicted molar refractivity (Wildman–Crippen MR) is 97.6 cm³/mol. The van der Waals surface area contributed by atoms with Crippen LogP contribution in [0, 0.1) is 0 Å². The second kappa shape index (κ2) is 7.95. The van der Waals surface area contributed by atoms with Gasteiger partial charge < -0.3 is 15.0 Å². The monoisotopic (exact) mass is 359 g/mol. The molecule has 0 aliphatic carbocycles. The maximum atomic E-state index is 13.3. The van der Waals surface area contributed by atoms with Crippen LogP contribution >= 0.6 is 12.4 Å². The van der Waals surface area contributed by atoms with Gasteiger partial charge in [-0.3, -0.25) is 9.78 Å². The molecule has 2 unspecified atom stereocenters. The molecule has 2 aliphatic heterocycles. The zero-order valence-corrected chi connectivity index (χ0v) is 14.7. The van der Waals surface area contributed by atoms with Crippen molar-refractivity contribution in [1.29, 1.82) is 0 Å². The molecule has 0 radical (unpaired) electrons. The highest BCUT2D eigenvalue weighted by molar-refractivity contribution is 5.85. The molecule has 0 bridgehead atoms. The molecule has 3 heterocycles. The summed E-state index contributed by atoms with van der Waals surface area (Å²) in [6.45, 7) is 2.82. The standard InChI is InChI=1S/C19H21N3O2.ClH/c23-19(18-16-6-2-1-4-14(16)7-11-24-18)22-10-9-21-13-17(22)15-5-3-8-20-12-15;/h1-6,8,12,17-18,21H,7,9-11,13H2;1H. The van der Waals surface area contributed by atoms with Gasteiger partial charge >= 0.3 is 0 Å². The molecule has 132 valence electrons. The molecule has 2 aromatic rings. The van der Waals surface area contributed by atoms with Gasteiger partial charge in [0.25, 0.3) is 5.91 Å². The van der Waals surface area contributed by atoms with Crippen molar-refractivity contribution in [2.24, 2.45) is 0 Å². The molecule has 0 saturated carbocycles. The number of nitrogens with zero attached hydrogens (tertiary/aromatic N) is 2. The van der Waals surface area contributed by atoms with E-state index < -0.39 is 6.10 Å². The molecule has 1 N–H and O–H groups in total. The molecular formula is C19H22ClN3O2. The topological polar surface area (TPSA) is 54.5 Å². The quantitative estimate of drug-likeness (QED) is 0.893. The first-order chi connectivity index (χ1) is 11.8. The summed E-state index contributed by atoms with van der Waals surface area (Å²) in [5.41, 5.74) is 3.29. The summed E-state index contributed by atoms with van der Waals surface area (Å²) in [4.78, 5) is 19.4. The molecule has 1 aromatic heterocycles. The number of nitrogens with one attached hydrogen (secondary N) is 1. The summed E-state index contributed by atoms with van der Waals surface area (Å²) in [6, 6.07) is 12.0. The molecule has 0 spiro atoms. The molecule has 2 atom stereocenters. The van der Waals surface area contributed by atoms with Crippen LogP contribution in [0.15, 0.2) is 48.8 Å². The zero-order valence-electron chi connectivity index (χ0n) is 13.9. The smallest absolute Gasteiger partial charge is 0.256 e. The fourth-order valence-corrected chi connectivity index (χ4v) is 3.59. The third kappa shape index (κ3) is 3.54. The summed E-state index contributed by atoms with van der Waals surface area (Å²) in [7, 11) is 0. The Balaban J connectivity index is 0.00000182. The van der Waals surface area contributed by atoms with Gasteiger partial charge in [0.2, 0.25) is 0 Å². The van der Waals surface area contributed by atoms with Crippen LogP contribution in [0.5, 0.6) is 0 Å². The van der Waals surface area contributed by atoms with E-state index in [2.05, 4.69) is 16.4 Å². The number of halogens is 1. The lowest BCUT2D eigenvalue weighted by atomic mass is 9.95. The second-order valence-electron chi connectivity index (χ2n) is 6.24. The normalized spacial score (nSPS) is 22.6. The first-order valence-corrected chi connectivity index (χ1v) is 8.45. The van der Waals surface area contributed by atoms with Crippen molar-refractivity contribution in [3.05, 3.63) is 65.5 Å². The Hall–Kier alpha value is -1.95. The highest BCUT2D eigenvalue weighted by atomic mass is 35.5. The lowest BCUT2D eigenvalue weighted by molar-refractivity contribution is -0.148. The highest BCUT2D eigenvalue weighted by Crippen LogP contribution is 2.32. The fraction of sp³-hybridized carbons (Fsp3) is 0.368. The first kappa shape index (κ1) is 17.9. The molecule has 1 fully saturated rings. The number of carbonyl (C=O) groups excluding carboxylic acids is 1. The van der Waals surface area contributed by atoms with Crippen molar-refractivity contribution in [2.75, 3.05) is 26.2 Å². The van der Waals surface area contributed by atoms with Gasteiger partial charge in [0, 0.05) is 32.0 Å². The van der Waals surface area contributed by atoms with E-state index >= 15 is 0 Å². The number of amides is 1. The van der Waals surface area contributed by atoms with Crippen molar-refractivity contribution < 1.29 is 9.53 Å². The number of piperazine rings is 1. The first-order valence-electron chi connectivity index (χ1n) is 8.45. The number of aromatic nitrogens is 1. The van der Waals surface area contributed by atoms with Gasteiger partial charge in [0.1, 0.15) is 0 Å². The summed E-state index contributed by atoms with van der Waals surface area (Å²) in [5, 5.41) is 3.38. The molecule has 4 rings (SSSR count). The minimum absolute atomic E-state index is 0. The third-order valence-electron chi connectivity index (χ3n) is 4.81. The fourth-order valence-electron chi connectivity index (χ4n) is 3.59. The van der Waals surface area contributed by atoms with E-state index in [9.17, 15) is 4.79 Å². The number of rotatable bonds is 2. The summed E-state index contributed by atoms with van der Waals surface area (Å²) in [5.74, 6) is 0.0532. The van der Waals surface area contributed by atoms with Crippen molar-refractivity contribution in [1.82, 2.24) is 15.2 Å². The lowest BCUT2D eigenvalue weighted by Crippen LogP contribution is -2.50. The number of benzene rings is 1. The number of carbonyl (C=O) groups is 1. The number of pyridine rings is 1.